The van der Waals surface area contributed by atoms with E-state index in [9.17, 15) is 0 Å². The van der Waals surface area contributed by atoms with E-state index < -0.39 is 0 Å². The molecule has 0 spiro atoms. The van der Waals surface area contributed by atoms with Crippen LogP contribution in [0.1, 0.15) is 12.8 Å². The van der Waals surface area contributed by atoms with Crippen molar-refractivity contribution in [2.45, 2.75) is 17.6 Å². The molecule has 0 radical (unpaired) electrons. The average Bonchev–Trinajstić information content (AvgIpc) is 3.16. The van der Waals surface area contributed by atoms with E-state index in [4.69, 9.17) is 4.74 Å². The summed E-state index contributed by atoms with van der Waals surface area (Å²) in [7, 11) is 3.31. The Morgan fingerprint density at radius 1 is 1.29 bits per heavy atom. The van der Waals surface area contributed by atoms with Crippen molar-refractivity contribution < 1.29 is 4.74 Å². The number of ether oxygens (including phenoxy) is 1. The van der Waals surface area contributed by atoms with Gasteiger partial charge in [0.25, 0.3) is 0 Å². The molecule has 1 heterocycles. The Morgan fingerprint density at radius 3 is 2.53 bits per heavy atom. The van der Waals surface area contributed by atoms with E-state index in [2.05, 4.69) is 31.8 Å². The first-order chi connectivity index (χ1) is 8.21. The SMILES string of the molecule is CNc1nc(NCC2(SC)CC2)nc(OC)n1. The zero-order valence-electron chi connectivity index (χ0n) is 10.3. The smallest absolute Gasteiger partial charge is 0.322 e. The number of rotatable bonds is 6. The van der Waals surface area contributed by atoms with Gasteiger partial charge in [-0.2, -0.15) is 26.7 Å². The van der Waals surface area contributed by atoms with Crippen molar-refractivity contribution in [2.75, 3.05) is 37.6 Å². The van der Waals surface area contributed by atoms with Gasteiger partial charge in [0, 0.05) is 18.3 Å². The van der Waals surface area contributed by atoms with E-state index in [-0.39, 0.29) is 0 Å². The molecular formula is C10H17N5OS. The number of anilines is 2. The first kappa shape index (κ1) is 12.2. The number of aromatic nitrogens is 3. The largest absolute Gasteiger partial charge is 0.467 e. The van der Waals surface area contributed by atoms with Gasteiger partial charge in [0.1, 0.15) is 0 Å². The summed E-state index contributed by atoms with van der Waals surface area (Å²) in [5.41, 5.74) is 0. The quantitative estimate of drug-likeness (QED) is 0.792. The van der Waals surface area contributed by atoms with Crippen LogP contribution in [0, 0.1) is 0 Å². The van der Waals surface area contributed by atoms with Gasteiger partial charge in [-0.25, -0.2) is 0 Å². The molecule has 2 rings (SSSR count). The third kappa shape index (κ3) is 2.91. The Bertz CT molecular complexity index is 374. The van der Waals surface area contributed by atoms with Crippen LogP contribution in [0.3, 0.4) is 0 Å². The van der Waals surface area contributed by atoms with Crippen LogP contribution in [0.15, 0.2) is 0 Å². The number of methoxy groups -OCH3 is 1. The summed E-state index contributed by atoms with van der Waals surface area (Å²) in [6.45, 7) is 0.879. The number of hydrogen-bond donors (Lipinski definition) is 2. The van der Waals surface area contributed by atoms with Gasteiger partial charge >= 0.3 is 6.01 Å². The maximum absolute atomic E-state index is 5.02. The van der Waals surface area contributed by atoms with Crippen molar-refractivity contribution in [1.82, 2.24) is 15.0 Å². The lowest BCUT2D eigenvalue weighted by Gasteiger charge is -2.13. The summed E-state index contributed by atoms with van der Waals surface area (Å²) < 4.78 is 5.40. The van der Waals surface area contributed by atoms with Gasteiger partial charge in [-0.05, 0) is 19.1 Å². The molecule has 0 atom stereocenters. The molecule has 1 aliphatic rings. The summed E-state index contributed by atoms with van der Waals surface area (Å²) in [4.78, 5) is 12.4. The van der Waals surface area contributed by atoms with E-state index >= 15 is 0 Å². The zero-order valence-corrected chi connectivity index (χ0v) is 11.1. The lowest BCUT2D eigenvalue weighted by molar-refractivity contribution is 0.379. The van der Waals surface area contributed by atoms with Crippen LogP contribution in [0.25, 0.3) is 0 Å². The van der Waals surface area contributed by atoms with E-state index in [0.29, 0.717) is 22.7 Å². The molecule has 0 aromatic carbocycles. The molecular weight excluding hydrogens is 238 g/mol. The van der Waals surface area contributed by atoms with E-state index in [0.717, 1.165) is 6.54 Å². The van der Waals surface area contributed by atoms with Gasteiger partial charge in [-0.15, -0.1) is 0 Å². The summed E-state index contributed by atoms with van der Waals surface area (Å²) in [6.07, 6.45) is 4.65. The lowest BCUT2D eigenvalue weighted by Crippen LogP contribution is -2.19. The summed E-state index contributed by atoms with van der Waals surface area (Å²) in [5.74, 6) is 1.06. The third-order valence-electron chi connectivity index (χ3n) is 2.83. The number of hydrogen-bond acceptors (Lipinski definition) is 7. The topological polar surface area (TPSA) is 72.0 Å². The maximum atomic E-state index is 5.02. The van der Waals surface area contributed by atoms with Crippen LogP contribution >= 0.6 is 11.8 Å². The molecule has 7 heteroatoms. The lowest BCUT2D eigenvalue weighted by atomic mass is 10.4. The fourth-order valence-electron chi connectivity index (χ4n) is 1.47. The van der Waals surface area contributed by atoms with E-state index in [1.54, 1.807) is 14.2 Å². The van der Waals surface area contributed by atoms with E-state index in [1.807, 2.05) is 11.8 Å². The first-order valence-corrected chi connectivity index (χ1v) is 6.71. The van der Waals surface area contributed by atoms with Crippen molar-refractivity contribution in [3.63, 3.8) is 0 Å². The fourth-order valence-corrected chi connectivity index (χ4v) is 2.20. The maximum Gasteiger partial charge on any atom is 0.322 e. The van der Waals surface area contributed by atoms with Crippen LogP contribution in [-0.2, 0) is 0 Å². The molecule has 0 bridgehead atoms. The summed E-state index contributed by atoms with van der Waals surface area (Å²) >= 11 is 1.90. The minimum Gasteiger partial charge on any atom is -0.467 e. The molecule has 1 saturated carbocycles. The van der Waals surface area contributed by atoms with Crippen molar-refractivity contribution >= 4 is 23.7 Å². The molecule has 0 amide bonds. The number of nitrogens with one attached hydrogen (secondary N) is 2. The van der Waals surface area contributed by atoms with Crippen LogP contribution < -0.4 is 15.4 Å². The molecule has 1 aliphatic carbocycles. The molecule has 2 N–H and O–H groups in total. The molecule has 6 nitrogen and oxygen atoms in total. The highest BCUT2D eigenvalue weighted by Crippen LogP contribution is 2.46. The fraction of sp³-hybridized carbons (Fsp3) is 0.700. The molecule has 94 valence electrons. The molecule has 1 fully saturated rings. The molecule has 1 aromatic rings. The van der Waals surface area contributed by atoms with E-state index in [1.165, 1.54) is 12.8 Å². The van der Waals surface area contributed by atoms with Crippen molar-refractivity contribution in [1.29, 1.82) is 0 Å². The Labute approximate surface area is 105 Å². The average molecular weight is 255 g/mol. The van der Waals surface area contributed by atoms with Gasteiger partial charge < -0.3 is 15.4 Å². The highest BCUT2D eigenvalue weighted by Gasteiger charge is 2.41. The predicted molar refractivity (Wildman–Crippen MR) is 69.9 cm³/mol. The normalized spacial score (nSPS) is 16.4. The second-order valence-corrected chi connectivity index (χ2v) is 5.23. The van der Waals surface area contributed by atoms with Gasteiger partial charge in [0.05, 0.1) is 7.11 Å². The first-order valence-electron chi connectivity index (χ1n) is 5.48. The zero-order chi connectivity index (χ0) is 12.3. The molecule has 0 aliphatic heterocycles. The monoisotopic (exact) mass is 255 g/mol. The Balaban J connectivity index is 2.04. The molecule has 0 unspecified atom stereocenters. The Kier molecular flexibility index (Phi) is 3.56. The highest BCUT2D eigenvalue weighted by atomic mass is 32.2. The van der Waals surface area contributed by atoms with Gasteiger partial charge in [-0.3, -0.25) is 0 Å². The van der Waals surface area contributed by atoms with Crippen molar-refractivity contribution in [3.8, 4) is 6.01 Å². The van der Waals surface area contributed by atoms with Crippen molar-refractivity contribution in [3.05, 3.63) is 0 Å². The second-order valence-electron chi connectivity index (χ2n) is 3.96. The van der Waals surface area contributed by atoms with Crippen LogP contribution in [0.5, 0.6) is 6.01 Å². The molecule has 0 saturated heterocycles. The minimum atomic E-state index is 0.320. The van der Waals surface area contributed by atoms with Gasteiger partial charge in [0.15, 0.2) is 0 Å². The summed E-state index contributed by atoms with van der Waals surface area (Å²) in [6, 6.07) is 0.320. The molecule has 1 aromatic heterocycles. The number of nitrogens with zero attached hydrogens (tertiary/aromatic N) is 3. The third-order valence-corrected chi connectivity index (χ3v) is 4.25. The molecule has 17 heavy (non-hydrogen) atoms. The predicted octanol–water partition coefficient (Wildman–Crippen LogP) is 1.23. The second kappa shape index (κ2) is 4.95. The van der Waals surface area contributed by atoms with Crippen molar-refractivity contribution in [2.24, 2.45) is 0 Å². The standard InChI is InChI=1S/C10H17N5OS/c1-11-7-13-8(15-9(14-7)16-2)12-6-10(17-3)4-5-10/h4-6H2,1-3H3,(H2,11,12,13,14,15). The Morgan fingerprint density at radius 2 is 2.00 bits per heavy atom. The Hall–Kier alpha value is -1.24. The minimum absolute atomic E-state index is 0.320. The van der Waals surface area contributed by atoms with Crippen LogP contribution in [-0.4, -0.2) is 46.7 Å². The number of thioether (sulfide) groups is 1. The summed E-state index contributed by atoms with van der Waals surface area (Å²) in [5, 5.41) is 6.13. The van der Waals surface area contributed by atoms with Crippen LogP contribution in [0.2, 0.25) is 0 Å². The van der Waals surface area contributed by atoms with Gasteiger partial charge in [-0.1, -0.05) is 0 Å². The van der Waals surface area contributed by atoms with Crippen LogP contribution in [0.4, 0.5) is 11.9 Å². The van der Waals surface area contributed by atoms with Gasteiger partial charge in [0.2, 0.25) is 11.9 Å². The highest BCUT2D eigenvalue weighted by molar-refractivity contribution is 8.00.